The van der Waals surface area contributed by atoms with Crippen LogP contribution in [-0.2, 0) is 9.53 Å². The van der Waals surface area contributed by atoms with Crippen LogP contribution in [0.3, 0.4) is 0 Å². The SMILES string of the molecule is CCC(Cl)OC(=O)C12CCC(CC1)CC2. The standard InChI is InChI=1S/C12H19ClO2/c1-2-10(13)15-11(14)12-6-3-9(4-7-12)5-8-12/h9-10H,2-8H2,1H3. The van der Waals surface area contributed by atoms with Crippen LogP contribution in [0.25, 0.3) is 0 Å². The lowest BCUT2D eigenvalue weighted by molar-refractivity contribution is -0.164. The number of esters is 1. The molecule has 0 heterocycles. The van der Waals surface area contributed by atoms with Gasteiger partial charge in [0.15, 0.2) is 5.56 Å². The molecule has 0 aliphatic heterocycles. The number of halogens is 1. The molecule has 1 unspecified atom stereocenters. The van der Waals surface area contributed by atoms with E-state index in [1.54, 1.807) is 0 Å². The van der Waals surface area contributed by atoms with Gasteiger partial charge in [-0.15, -0.1) is 0 Å². The van der Waals surface area contributed by atoms with Gasteiger partial charge in [-0.1, -0.05) is 18.5 Å². The highest BCUT2D eigenvalue weighted by Gasteiger charge is 2.47. The molecule has 0 amide bonds. The Morgan fingerprint density at radius 2 is 1.93 bits per heavy atom. The highest BCUT2D eigenvalue weighted by molar-refractivity contribution is 6.20. The van der Waals surface area contributed by atoms with Crippen molar-refractivity contribution in [1.29, 1.82) is 0 Å². The number of carbonyl (C=O) groups is 1. The van der Waals surface area contributed by atoms with Crippen LogP contribution in [0, 0.1) is 11.3 Å². The summed E-state index contributed by atoms with van der Waals surface area (Å²) in [5.41, 5.74) is -0.608. The van der Waals surface area contributed by atoms with Crippen LogP contribution in [0.2, 0.25) is 0 Å². The molecule has 2 bridgehead atoms. The Hall–Kier alpha value is -0.240. The Kier molecular flexibility index (Phi) is 3.24. The zero-order valence-corrected chi connectivity index (χ0v) is 10.1. The maximum absolute atomic E-state index is 12.0. The van der Waals surface area contributed by atoms with Crippen molar-refractivity contribution in [1.82, 2.24) is 0 Å². The van der Waals surface area contributed by atoms with Crippen molar-refractivity contribution >= 4 is 17.6 Å². The molecule has 86 valence electrons. The maximum atomic E-state index is 12.0. The second-order valence-electron chi connectivity index (χ2n) is 4.99. The summed E-state index contributed by atoms with van der Waals surface area (Å²) in [6.45, 7) is 1.93. The number of hydrogen-bond donors (Lipinski definition) is 0. The lowest BCUT2D eigenvalue weighted by Crippen LogP contribution is -2.42. The van der Waals surface area contributed by atoms with Crippen LogP contribution in [0.5, 0.6) is 0 Å². The van der Waals surface area contributed by atoms with Gasteiger partial charge in [0, 0.05) is 0 Å². The van der Waals surface area contributed by atoms with Crippen LogP contribution in [0.1, 0.15) is 51.9 Å². The number of ether oxygens (including phenoxy) is 1. The molecule has 0 saturated heterocycles. The molecule has 3 rings (SSSR count). The average Bonchev–Trinajstić information content (AvgIpc) is 2.31. The summed E-state index contributed by atoms with van der Waals surface area (Å²) in [6.07, 6.45) is 7.35. The highest BCUT2D eigenvalue weighted by Crippen LogP contribution is 2.51. The molecule has 3 heteroatoms. The van der Waals surface area contributed by atoms with E-state index in [-0.39, 0.29) is 11.4 Å². The van der Waals surface area contributed by atoms with E-state index < -0.39 is 5.56 Å². The van der Waals surface area contributed by atoms with E-state index in [2.05, 4.69) is 0 Å². The average molecular weight is 231 g/mol. The molecule has 0 radical (unpaired) electrons. The molecule has 0 N–H and O–H groups in total. The normalized spacial score (nSPS) is 36.3. The Morgan fingerprint density at radius 3 is 2.40 bits per heavy atom. The first kappa shape index (κ1) is 11.3. The van der Waals surface area contributed by atoms with Crippen molar-refractivity contribution in [3.05, 3.63) is 0 Å². The number of alkyl halides is 1. The lowest BCUT2D eigenvalue weighted by atomic mass is 9.61. The van der Waals surface area contributed by atoms with Gasteiger partial charge in [0.1, 0.15) is 0 Å². The van der Waals surface area contributed by atoms with Gasteiger partial charge in [-0.05, 0) is 50.9 Å². The van der Waals surface area contributed by atoms with Gasteiger partial charge in [-0.3, -0.25) is 4.79 Å². The molecule has 0 aromatic heterocycles. The first-order valence-electron chi connectivity index (χ1n) is 6.01. The summed E-state index contributed by atoms with van der Waals surface area (Å²) in [4.78, 5) is 12.0. The second-order valence-corrected chi connectivity index (χ2v) is 5.47. The molecule has 1 atom stereocenters. The van der Waals surface area contributed by atoms with Crippen LogP contribution in [0.15, 0.2) is 0 Å². The topological polar surface area (TPSA) is 26.3 Å². The quantitative estimate of drug-likeness (QED) is 0.548. The number of carbonyl (C=O) groups excluding carboxylic acids is 1. The van der Waals surface area contributed by atoms with Gasteiger partial charge in [0.25, 0.3) is 0 Å². The van der Waals surface area contributed by atoms with Crippen molar-refractivity contribution in [2.24, 2.45) is 11.3 Å². The van der Waals surface area contributed by atoms with Crippen molar-refractivity contribution in [2.75, 3.05) is 0 Å². The molecule has 0 aromatic rings. The van der Waals surface area contributed by atoms with Crippen molar-refractivity contribution in [3.63, 3.8) is 0 Å². The van der Waals surface area contributed by atoms with Crippen LogP contribution >= 0.6 is 11.6 Å². The molecule has 2 nitrogen and oxygen atoms in total. The van der Waals surface area contributed by atoms with E-state index in [4.69, 9.17) is 16.3 Å². The lowest BCUT2D eigenvalue weighted by Gasteiger charge is -2.44. The fourth-order valence-corrected chi connectivity index (χ4v) is 2.96. The first-order chi connectivity index (χ1) is 7.16. The van der Waals surface area contributed by atoms with E-state index in [0.717, 1.165) is 25.2 Å². The third-order valence-corrected chi connectivity index (χ3v) is 4.48. The Bertz CT molecular complexity index is 230. The summed E-state index contributed by atoms with van der Waals surface area (Å²) >= 11 is 5.87. The largest absolute Gasteiger partial charge is 0.446 e. The molecular weight excluding hydrogens is 212 g/mol. The van der Waals surface area contributed by atoms with E-state index in [9.17, 15) is 4.79 Å². The minimum atomic E-state index is -0.438. The van der Waals surface area contributed by atoms with Gasteiger partial charge in [0.05, 0.1) is 5.41 Å². The maximum Gasteiger partial charge on any atom is 0.313 e. The summed E-state index contributed by atoms with van der Waals surface area (Å²) in [5.74, 6) is 0.833. The van der Waals surface area contributed by atoms with E-state index in [1.165, 1.54) is 19.3 Å². The fraction of sp³-hybridized carbons (Fsp3) is 0.917. The molecule has 3 saturated carbocycles. The smallest absolute Gasteiger partial charge is 0.313 e. The highest BCUT2D eigenvalue weighted by atomic mass is 35.5. The van der Waals surface area contributed by atoms with Gasteiger partial charge in [-0.2, -0.15) is 0 Å². The first-order valence-corrected chi connectivity index (χ1v) is 6.45. The molecule has 3 aliphatic rings. The minimum Gasteiger partial charge on any atom is -0.446 e. The summed E-state index contributed by atoms with van der Waals surface area (Å²) in [6, 6.07) is 0. The van der Waals surface area contributed by atoms with Crippen molar-refractivity contribution < 1.29 is 9.53 Å². The second kappa shape index (κ2) is 4.32. The Morgan fingerprint density at radius 1 is 1.40 bits per heavy atom. The van der Waals surface area contributed by atoms with E-state index in [0.29, 0.717) is 6.42 Å². The molecule has 0 aromatic carbocycles. The van der Waals surface area contributed by atoms with E-state index in [1.807, 2.05) is 6.92 Å². The minimum absolute atomic E-state index is 0.0394. The van der Waals surface area contributed by atoms with Gasteiger partial charge >= 0.3 is 5.97 Å². The Balaban J connectivity index is 1.98. The van der Waals surface area contributed by atoms with Gasteiger partial charge in [-0.25, -0.2) is 0 Å². The van der Waals surface area contributed by atoms with Crippen LogP contribution in [-0.4, -0.2) is 11.5 Å². The summed E-state index contributed by atoms with van der Waals surface area (Å²) in [5, 5.41) is 0. The zero-order chi connectivity index (χ0) is 10.9. The monoisotopic (exact) mass is 230 g/mol. The molecular formula is C12H19ClO2. The van der Waals surface area contributed by atoms with Crippen LogP contribution in [0.4, 0.5) is 0 Å². The Labute approximate surface area is 96.3 Å². The van der Waals surface area contributed by atoms with Gasteiger partial charge in [0.2, 0.25) is 0 Å². The molecule has 3 fully saturated rings. The van der Waals surface area contributed by atoms with E-state index >= 15 is 0 Å². The predicted molar refractivity (Wildman–Crippen MR) is 59.6 cm³/mol. The summed E-state index contributed by atoms with van der Waals surface area (Å²) < 4.78 is 5.28. The van der Waals surface area contributed by atoms with Crippen molar-refractivity contribution in [2.45, 2.75) is 57.4 Å². The number of fused-ring (bicyclic) bond motifs is 3. The molecule has 0 spiro atoms. The van der Waals surface area contributed by atoms with Gasteiger partial charge < -0.3 is 4.74 Å². The van der Waals surface area contributed by atoms with Crippen molar-refractivity contribution in [3.8, 4) is 0 Å². The van der Waals surface area contributed by atoms with Crippen LogP contribution < -0.4 is 0 Å². The third kappa shape index (κ3) is 2.15. The summed E-state index contributed by atoms with van der Waals surface area (Å²) in [7, 11) is 0. The molecule has 15 heavy (non-hydrogen) atoms. The predicted octanol–water partition coefficient (Wildman–Crippen LogP) is 3.47. The number of rotatable bonds is 3. The fourth-order valence-electron chi connectivity index (χ4n) is 2.88. The number of hydrogen-bond acceptors (Lipinski definition) is 2. The molecule has 3 aliphatic carbocycles. The zero-order valence-electron chi connectivity index (χ0n) is 9.30. The third-order valence-electron chi connectivity index (χ3n) is 4.08.